The molecule has 0 amide bonds. The summed E-state index contributed by atoms with van der Waals surface area (Å²) in [6.45, 7) is 8.50. The van der Waals surface area contributed by atoms with E-state index in [1.807, 2.05) is 0 Å². The van der Waals surface area contributed by atoms with Gasteiger partial charge >= 0.3 is 11.9 Å². The minimum Gasteiger partial charge on any atom is -0.461 e. The predicted octanol–water partition coefficient (Wildman–Crippen LogP) is 11.2. The fourth-order valence-corrected chi connectivity index (χ4v) is 6.41. The van der Waals surface area contributed by atoms with Crippen molar-refractivity contribution in [3.63, 3.8) is 0 Å². The summed E-state index contributed by atoms with van der Waals surface area (Å²) in [6.07, 6.45) is 39.1. The third kappa shape index (κ3) is 28.2. The average molecular weight is 677 g/mol. The highest BCUT2D eigenvalue weighted by Gasteiger charge is 2.31. The standard InChI is InChI=1S/C42H78NO5/c1-4-6-8-10-12-14-16-18-20-22-24-26-28-30-32-41(44)47-39-40(38-43(3)34-36-46-37-35-43)48-42(45)33-31-29-27-25-23-21-19-17-15-13-11-9-7-5-2/h18-21,40H,4-17,22-39H2,1-3H3/q+1/b20-18+,21-19+. The van der Waals surface area contributed by atoms with Crippen LogP contribution >= 0.6 is 0 Å². The summed E-state index contributed by atoms with van der Waals surface area (Å²) in [5.41, 5.74) is 0. The second kappa shape index (κ2) is 32.5. The summed E-state index contributed by atoms with van der Waals surface area (Å²) in [5, 5.41) is 0. The second-order valence-corrected chi connectivity index (χ2v) is 14.6. The first-order chi connectivity index (χ1) is 23.5. The molecule has 1 aliphatic rings. The number of morpholine rings is 1. The maximum Gasteiger partial charge on any atom is 0.306 e. The van der Waals surface area contributed by atoms with Gasteiger partial charge in [-0.15, -0.1) is 0 Å². The molecule has 0 radical (unpaired) electrons. The molecular formula is C42H78NO5+. The fraction of sp³-hybridized carbons (Fsp3) is 0.857. The lowest BCUT2D eigenvalue weighted by Gasteiger charge is -2.39. The fourth-order valence-electron chi connectivity index (χ4n) is 6.41. The van der Waals surface area contributed by atoms with Crippen molar-refractivity contribution in [1.29, 1.82) is 0 Å². The molecule has 1 atom stereocenters. The third-order valence-corrected chi connectivity index (χ3v) is 9.71. The van der Waals surface area contributed by atoms with Crippen LogP contribution in [0, 0.1) is 0 Å². The summed E-state index contributed by atoms with van der Waals surface area (Å²) >= 11 is 0. The molecule has 0 N–H and O–H groups in total. The molecule has 48 heavy (non-hydrogen) atoms. The van der Waals surface area contributed by atoms with Crippen LogP contribution in [0.4, 0.5) is 0 Å². The van der Waals surface area contributed by atoms with E-state index in [0.29, 0.717) is 32.6 Å². The zero-order chi connectivity index (χ0) is 34.8. The van der Waals surface area contributed by atoms with Crippen LogP contribution in [0.3, 0.4) is 0 Å². The molecule has 1 unspecified atom stereocenters. The van der Waals surface area contributed by atoms with Gasteiger partial charge in [0.05, 0.1) is 20.3 Å². The van der Waals surface area contributed by atoms with Crippen molar-refractivity contribution in [2.24, 2.45) is 0 Å². The molecule has 0 aliphatic carbocycles. The largest absolute Gasteiger partial charge is 0.461 e. The Hall–Kier alpha value is -1.66. The Labute approximate surface area is 297 Å². The number of ether oxygens (including phenoxy) is 3. The van der Waals surface area contributed by atoms with E-state index in [1.54, 1.807) is 0 Å². The van der Waals surface area contributed by atoms with Gasteiger partial charge < -0.3 is 18.7 Å². The van der Waals surface area contributed by atoms with E-state index < -0.39 is 6.10 Å². The Balaban J connectivity index is 2.20. The first-order valence-electron chi connectivity index (χ1n) is 20.6. The Bertz CT molecular complexity index is 804. The van der Waals surface area contributed by atoms with Crippen molar-refractivity contribution in [3.05, 3.63) is 24.3 Å². The third-order valence-electron chi connectivity index (χ3n) is 9.71. The molecule has 0 saturated carbocycles. The number of unbranched alkanes of at least 4 members (excludes halogenated alkanes) is 20. The van der Waals surface area contributed by atoms with Crippen molar-refractivity contribution in [3.8, 4) is 0 Å². The van der Waals surface area contributed by atoms with Crippen molar-refractivity contribution >= 4 is 11.9 Å². The monoisotopic (exact) mass is 677 g/mol. The maximum atomic E-state index is 12.8. The van der Waals surface area contributed by atoms with Crippen LogP contribution in [0.25, 0.3) is 0 Å². The summed E-state index contributed by atoms with van der Waals surface area (Å²) in [7, 11) is 2.18. The van der Waals surface area contributed by atoms with Gasteiger partial charge in [-0.1, -0.05) is 128 Å². The molecule has 1 heterocycles. The highest BCUT2D eigenvalue weighted by atomic mass is 16.6. The summed E-state index contributed by atoms with van der Waals surface area (Å²) < 4.78 is 17.9. The van der Waals surface area contributed by atoms with Crippen LogP contribution in [-0.2, 0) is 23.8 Å². The van der Waals surface area contributed by atoms with Gasteiger partial charge in [-0.3, -0.25) is 9.59 Å². The second-order valence-electron chi connectivity index (χ2n) is 14.6. The zero-order valence-electron chi connectivity index (χ0n) is 32.0. The summed E-state index contributed by atoms with van der Waals surface area (Å²) in [5.74, 6) is -0.351. The van der Waals surface area contributed by atoms with Gasteiger partial charge in [-0.05, 0) is 64.2 Å². The molecule has 1 rings (SSSR count). The maximum absolute atomic E-state index is 12.8. The van der Waals surface area contributed by atoms with E-state index in [9.17, 15) is 9.59 Å². The minimum absolute atomic E-state index is 0.147. The number of hydrogen-bond donors (Lipinski definition) is 0. The van der Waals surface area contributed by atoms with Crippen LogP contribution < -0.4 is 0 Å². The molecule has 1 fully saturated rings. The quantitative estimate of drug-likeness (QED) is 0.0300. The minimum atomic E-state index is -0.413. The van der Waals surface area contributed by atoms with Gasteiger partial charge in [0.2, 0.25) is 0 Å². The molecule has 1 saturated heterocycles. The van der Waals surface area contributed by atoms with Gasteiger partial charge in [0, 0.05) is 12.8 Å². The van der Waals surface area contributed by atoms with E-state index >= 15 is 0 Å². The van der Waals surface area contributed by atoms with E-state index in [0.717, 1.165) is 68.9 Å². The van der Waals surface area contributed by atoms with Crippen molar-refractivity contribution < 1.29 is 28.3 Å². The number of nitrogens with zero attached hydrogens (tertiary/aromatic N) is 1. The highest BCUT2D eigenvalue weighted by molar-refractivity contribution is 5.70. The number of likely N-dealkylation sites (N-methyl/N-ethyl adjacent to an activating group) is 1. The van der Waals surface area contributed by atoms with Gasteiger partial charge in [0.1, 0.15) is 26.2 Å². The Kier molecular flexibility index (Phi) is 30.1. The molecule has 0 spiro atoms. The molecule has 0 bridgehead atoms. The molecular weight excluding hydrogens is 598 g/mol. The molecule has 280 valence electrons. The van der Waals surface area contributed by atoms with Gasteiger partial charge in [0.15, 0.2) is 6.10 Å². The number of allylic oxidation sites excluding steroid dienone is 4. The molecule has 0 aromatic carbocycles. The summed E-state index contributed by atoms with van der Waals surface area (Å²) in [4.78, 5) is 25.3. The number of hydrogen-bond acceptors (Lipinski definition) is 5. The molecule has 0 aromatic heterocycles. The SMILES string of the molecule is CCCCCCCC/C=C/CCCCCCC(=O)OCC(C[N+]1(C)CCOCC1)OC(=O)CCCCCC/C=C/CCCCCCCC. The van der Waals surface area contributed by atoms with Gasteiger partial charge in [-0.2, -0.15) is 0 Å². The average Bonchev–Trinajstić information content (AvgIpc) is 3.07. The number of rotatable bonds is 33. The van der Waals surface area contributed by atoms with Crippen molar-refractivity contribution in [1.82, 2.24) is 0 Å². The number of quaternary nitrogens is 1. The predicted molar refractivity (Wildman–Crippen MR) is 202 cm³/mol. The van der Waals surface area contributed by atoms with E-state index in [4.69, 9.17) is 14.2 Å². The topological polar surface area (TPSA) is 61.8 Å². The van der Waals surface area contributed by atoms with E-state index in [2.05, 4.69) is 45.2 Å². The Morgan fingerprint density at radius 1 is 0.583 bits per heavy atom. The number of carbonyl (C=O) groups excluding carboxylic acids is 2. The highest BCUT2D eigenvalue weighted by Crippen LogP contribution is 2.15. The Morgan fingerprint density at radius 2 is 0.979 bits per heavy atom. The Morgan fingerprint density at radius 3 is 1.44 bits per heavy atom. The normalized spacial score (nSPS) is 15.3. The van der Waals surface area contributed by atoms with Crippen molar-refractivity contribution in [2.45, 2.75) is 187 Å². The lowest BCUT2D eigenvalue weighted by molar-refractivity contribution is -0.919. The number of esters is 2. The van der Waals surface area contributed by atoms with Gasteiger partial charge in [-0.25, -0.2) is 0 Å². The number of carbonyl (C=O) groups is 2. The smallest absolute Gasteiger partial charge is 0.306 e. The molecule has 6 nitrogen and oxygen atoms in total. The molecule has 6 heteroatoms. The molecule has 1 aliphatic heterocycles. The van der Waals surface area contributed by atoms with Crippen LogP contribution in [0.2, 0.25) is 0 Å². The lowest BCUT2D eigenvalue weighted by atomic mass is 10.1. The molecule has 0 aromatic rings. The van der Waals surface area contributed by atoms with E-state index in [-0.39, 0.29) is 18.5 Å². The van der Waals surface area contributed by atoms with Crippen LogP contribution in [0.15, 0.2) is 24.3 Å². The van der Waals surface area contributed by atoms with Crippen molar-refractivity contribution in [2.75, 3.05) is 46.5 Å². The van der Waals surface area contributed by atoms with Crippen LogP contribution in [-0.4, -0.2) is 69.0 Å². The van der Waals surface area contributed by atoms with E-state index in [1.165, 1.54) is 103 Å². The van der Waals surface area contributed by atoms with Gasteiger partial charge in [0.25, 0.3) is 0 Å². The van der Waals surface area contributed by atoms with Crippen LogP contribution in [0.1, 0.15) is 181 Å². The first-order valence-corrected chi connectivity index (χ1v) is 20.6. The lowest BCUT2D eigenvalue weighted by Crippen LogP contribution is -2.56. The first kappa shape index (κ1) is 44.4. The zero-order valence-corrected chi connectivity index (χ0v) is 32.0. The summed E-state index contributed by atoms with van der Waals surface area (Å²) in [6, 6.07) is 0. The van der Waals surface area contributed by atoms with Crippen LogP contribution in [0.5, 0.6) is 0 Å².